The fourth-order valence-electron chi connectivity index (χ4n) is 2.87. The molecule has 10 heteroatoms. The second-order valence-electron chi connectivity index (χ2n) is 6.53. The second kappa shape index (κ2) is 9.35. The number of furan rings is 1. The van der Waals surface area contributed by atoms with Crippen LogP contribution in [0.1, 0.15) is 21.7 Å². The molecular weight excluding hydrogens is 464 g/mol. The number of pyridine rings is 1. The second-order valence-corrected chi connectivity index (χ2v) is 7.32. The topological polar surface area (TPSA) is 115 Å². The predicted octanol–water partition coefficient (Wildman–Crippen LogP) is 3.13. The van der Waals surface area contributed by atoms with Gasteiger partial charge in [0.15, 0.2) is 16.2 Å². The molecule has 2 amide bonds. The molecule has 0 bridgehead atoms. The third-order valence-corrected chi connectivity index (χ3v) is 4.78. The van der Waals surface area contributed by atoms with E-state index >= 15 is 0 Å². The Morgan fingerprint density at radius 2 is 1.94 bits per heavy atom. The van der Waals surface area contributed by atoms with E-state index in [1.54, 1.807) is 59.7 Å². The van der Waals surface area contributed by atoms with Gasteiger partial charge in [0.2, 0.25) is 5.91 Å². The van der Waals surface area contributed by atoms with Gasteiger partial charge in [-0.2, -0.15) is 5.10 Å². The highest BCUT2D eigenvalue weighted by molar-refractivity contribution is 9.10. The van der Waals surface area contributed by atoms with Crippen LogP contribution in [-0.2, 0) is 17.8 Å². The number of benzene rings is 1. The monoisotopic (exact) mass is 480 g/mol. The largest absolute Gasteiger partial charge is 0.444 e. The Balaban J connectivity index is 1.32. The minimum absolute atomic E-state index is 0.134. The number of hydrogen-bond acceptors (Lipinski definition) is 6. The summed E-state index contributed by atoms with van der Waals surface area (Å²) in [5, 5.41) is 9.72. The third-order valence-electron chi connectivity index (χ3n) is 4.35. The Hall–Kier alpha value is -3.79. The maximum Gasteiger partial charge on any atom is 0.291 e. The van der Waals surface area contributed by atoms with Crippen LogP contribution >= 0.6 is 15.9 Å². The number of hydrogen-bond donors (Lipinski definition) is 2. The molecule has 3 aromatic heterocycles. The molecule has 9 nitrogen and oxygen atoms in total. The average Bonchev–Trinajstić information content (AvgIpc) is 3.46. The zero-order valence-corrected chi connectivity index (χ0v) is 17.7. The summed E-state index contributed by atoms with van der Waals surface area (Å²) in [5.74, 6) is 0.335. The lowest BCUT2D eigenvalue weighted by molar-refractivity contribution is -0.120. The summed E-state index contributed by atoms with van der Waals surface area (Å²) in [6.07, 6.45) is 4.85. The van der Waals surface area contributed by atoms with E-state index in [1.165, 1.54) is 6.33 Å². The first kappa shape index (κ1) is 20.5. The SMILES string of the molecule is O=C(Cc1ccc(NC(=O)c2ccc(Br)o2)cc1)NCc1cccnc1-n1cncn1. The average molecular weight is 481 g/mol. The van der Waals surface area contributed by atoms with Gasteiger partial charge in [-0.1, -0.05) is 18.2 Å². The quantitative estimate of drug-likeness (QED) is 0.419. The van der Waals surface area contributed by atoms with E-state index in [9.17, 15) is 9.59 Å². The van der Waals surface area contributed by atoms with Crippen molar-refractivity contribution >= 4 is 33.4 Å². The summed E-state index contributed by atoms with van der Waals surface area (Å²) in [5.41, 5.74) is 2.25. The molecule has 156 valence electrons. The van der Waals surface area contributed by atoms with Crippen molar-refractivity contribution in [3.05, 3.63) is 88.9 Å². The van der Waals surface area contributed by atoms with Crippen molar-refractivity contribution < 1.29 is 14.0 Å². The lowest BCUT2D eigenvalue weighted by Crippen LogP contribution is -2.25. The summed E-state index contributed by atoms with van der Waals surface area (Å²) in [7, 11) is 0. The highest BCUT2D eigenvalue weighted by Gasteiger charge is 2.12. The lowest BCUT2D eigenvalue weighted by atomic mass is 10.1. The Bertz CT molecular complexity index is 1190. The summed E-state index contributed by atoms with van der Waals surface area (Å²) >= 11 is 3.16. The molecule has 31 heavy (non-hydrogen) atoms. The molecule has 1 aromatic carbocycles. The number of nitrogens with one attached hydrogen (secondary N) is 2. The van der Waals surface area contributed by atoms with E-state index in [0.29, 0.717) is 22.7 Å². The molecule has 0 aliphatic carbocycles. The van der Waals surface area contributed by atoms with Crippen LogP contribution in [0, 0.1) is 0 Å². The summed E-state index contributed by atoms with van der Waals surface area (Å²) < 4.78 is 7.26. The zero-order chi connectivity index (χ0) is 21.6. The smallest absolute Gasteiger partial charge is 0.291 e. The first-order valence-corrected chi connectivity index (χ1v) is 10.1. The number of nitrogens with zero attached hydrogens (tertiary/aromatic N) is 4. The number of carbonyl (C=O) groups excluding carboxylic acids is 2. The first-order valence-electron chi connectivity index (χ1n) is 9.30. The molecule has 0 fully saturated rings. The molecule has 2 N–H and O–H groups in total. The summed E-state index contributed by atoms with van der Waals surface area (Å²) in [4.78, 5) is 32.7. The van der Waals surface area contributed by atoms with Crippen molar-refractivity contribution in [2.75, 3.05) is 5.32 Å². The van der Waals surface area contributed by atoms with Gasteiger partial charge in [-0.3, -0.25) is 9.59 Å². The molecule has 0 aliphatic rings. The lowest BCUT2D eigenvalue weighted by Gasteiger charge is -2.10. The van der Waals surface area contributed by atoms with Crippen molar-refractivity contribution in [1.29, 1.82) is 0 Å². The maximum absolute atomic E-state index is 12.4. The van der Waals surface area contributed by atoms with Gasteiger partial charge in [0.1, 0.15) is 12.7 Å². The van der Waals surface area contributed by atoms with Crippen LogP contribution in [0.4, 0.5) is 5.69 Å². The van der Waals surface area contributed by atoms with Crippen LogP contribution in [0.25, 0.3) is 5.82 Å². The van der Waals surface area contributed by atoms with E-state index < -0.39 is 0 Å². The fourth-order valence-corrected chi connectivity index (χ4v) is 3.18. The van der Waals surface area contributed by atoms with E-state index in [0.717, 1.165) is 11.1 Å². The van der Waals surface area contributed by atoms with Crippen molar-refractivity contribution in [2.24, 2.45) is 0 Å². The number of aromatic nitrogens is 4. The van der Waals surface area contributed by atoms with Crippen molar-refractivity contribution in [3.63, 3.8) is 0 Å². The number of carbonyl (C=O) groups is 2. The standard InChI is InChI=1S/C21H17BrN6O3/c22-18-8-7-17(31-18)21(30)27-16-5-3-14(4-6-16)10-19(29)25-11-15-2-1-9-24-20(15)28-13-23-12-26-28/h1-9,12-13H,10-11H2,(H,25,29)(H,27,30). The Kier molecular flexibility index (Phi) is 6.18. The maximum atomic E-state index is 12.4. The molecule has 0 aliphatic heterocycles. The van der Waals surface area contributed by atoms with Gasteiger partial charge in [0.25, 0.3) is 5.91 Å². The molecule has 0 atom stereocenters. The van der Waals surface area contributed by atoms with Gasteiger partial charge in [-0.25, -0.2) is 14.6 Å². The van der Waals surface area contributed by atoms with Crippen LogP contribution < -0.4 is 10.6 Å². The van der Waals surface area contributed by atoms with E-state index in [4.69, 9.17) is 4.42 Å². The minimum Gasteiger partial charge on any atom is -0.444 e. The van der Waals surface area contributed by atoms with E-state index in [-0.39, 0.29) is 24.0 Å². The van der Waals surface area contributed by atoms with Crippen molar-refractivity contribution in [2.45, 2.75) is 13.0 Å². The highest BCUT2D eigenvalue weighted by Crippen LogP contribution is 2.17. The van der Waals surface area contributed by atoms with E-state index in [2.05, 4.69) is 41.6 Å². The molecule has 0 radical (unpaired) electrons. The van der Waals surface area contributed by atoms with Gasteiger partial charge in [-0.15, -0.1) is 0 Å². The van der Waals surface area contributed by atoms with E-state index in [1.807, 2.05) is 6.07 Å². The van der Waals surface area contributed by atoms with Crippen molar-refractivity contribution in [3.8, 4) is 5.82 Å². The molecule has 0 saturated carbocycles. The molecule has 4 aromatic rings. The van der Waals surface area contributed by atoms with Gasteiger partial charge in [0.05, 0.1) is 6.42 Å². The molecule has 0 spiro atoms. The van der Waals surface area contributed by atoms with Gasteiger partial charge in [-0.05, 0) is 51.8 Å². The third kappa shape index (κ3) is 5.23. The minimum atomic E-state index is -0.351. The van der Waals surface area contributed by atoms with Crippen LogP contribution in [0.2, 0.25) is 0 Å². The Morgan fingerprint density at radius 3 is 2.65 bits per heavy atom. The molecular formula is C21H17BrN6O3. The van der Waals surface area contributed by atoms with Gasteiger partial charge >= 0.3 is 0 Å². The Labute approximate surface area is 185 Å². The molecule has 0 saturated heterocycles. The number of rotatable bonds is 7. The normalized spacial score (nSPS) is 10.6. The predicted molar refractivity (Wildman–Crippen MR) is 116 cm³/mol. The first-order chi connectivity index (χ1) is 15.1. The zero-order valence-electron chi connectivity index (χ0n) is 16.2. The summed E-state index contributed by atoms with van der Waals surface area (Å²) in [6.45, 7) is 0.314. The van der Waals surface area contributed by atoms with Crippen LogP contribution in [0.5, 0.6) is 0 Å². The van der Waals surface area contributed by atoms with Gasteiger partial charge in [0, 0.05) is 24.0 Å². The van der Waals surface area contributed by atoms with Gasteiger partial charge < -0.3 is 15.1 Å². The number of halogens is 1. The number of anilines is 1. The highest BCUT2D eigenvalue weighted by atomic mass is 79.9. The summed E-state index contributed by atoms with van der Waals surface area (Å²) in [6, 6.07) is 14.0. The molecule has 4 rings (SSSR count). The molecule has 0 unspecified atom stereocenters. The Morgan fingerprint density at radius 1 is 1.10 bits per heavy atom. The van der Waals surface area contributed by atoms with Crippen LogP contribution in [0.3, 0.4) is 0 Å². The van der Waals surface area contributed by atoms with Crippen LogP contribution in [0.15, 0.2) is 76.5 Å². The fraction of sp³-hybridized carbons (Fsp3) is 0.0952. The number of amides is 2. The molecule has 3 heterocycles. The van der Waals surface area contributed by atoms with Crippen molar-refractivity contribution in [1.82, 2.24) is 25.1 Å². The van der Waals surface area contributed by atoms with Crippen LogP contribution in [-0.4, -0.2) is 31.6 Å².